The second-order valence-electron chi connectivity index (χ2n) is 3.39. The lowest BCUT2D eigenvalue weighted by atomic mass is 10.4. The maximum atomic E-state index is 11.6. The standard InChI is InChI=1S/C10H14BrNOS2/c1-7(10(13)12(2)3)14-6-8-4-5-9(11)15-8/h4-5,7H,6H2,1-3H3/t7-/m0/s1. The summed E-state index contributed by atoms with van der Waals surface area (Å²) < 4.78 is 1.14. The molecule has 0 unspecified atom stereocenters. The van der Waals surface area contributed by atoms with Crippen LogP contribution in [0.25, 0.3) is 0 Å². The highest BCUT2D eigenvalue weighted by atomic mass is 79.9. The summed E-state index contributed by atoms with van der Waals surface area (Å²) in [4.78, 5) is 14.5. The van der Waals surface area contributed by atoms with Gasteiger partial charge in [0.15, 0.2) is 0 Å². The van der Waals surface area contributed by atoms with Gasteiger partial charge in [-0.15, -0.1) is 23.1 Å². The summed E-state index contributed by atoms with van der Waals surface area (Å²) in [5.41, 5.74) is 0. The van der Waals surface area contributed by atoms with Gasteiger partial charge >= 0.3 is 0 Å². The van der Waals surface area contributed by atoms with Crippen molar-refractivity contribution in [3.05, 3.63) is 20.8 Å². The predicted molar refractivity (Wildman–Crippen MR) is 71.5 cm³/mol. The maximum Gasteiger partial charge on any atom is 0.234 e. The number of rotatable bonds is 4. The van der Waals surface area contributed by atoms with Crippen LogP contribution in [-0.4, -0.2) is 30.2 Å². The van der Waals surface area contributed by atoms with Gasteiger partial charge in [-0.2, -0.15) is 0 Å². The molecular formula is C10H14BrNOS2. The summed E-state index contributed by atoms with van der Waals surface area (Å²) in [6.45, 7) is 1.95. The molecule has 1 aromatic rings. The molecule has 0 bridgehead atoms. The van der Waals surface area contributed by atoms with E-state index in [-0.39, 0.29) is 11.2 Å². The summed E-state index contributed by atoms with van der Waals surface area (Å²) >= 11 is 6.82. The van der Waals surface area contributed by atoms with Crippen molar-refractivity contribution >= 4 is 44.9 Å². The van der Waals surface area contributed by atoms with E-state index in [0.717, 1.165) is 9.54 Å². The highest BCUT2D eigenvalue weighted by Crippen LogP contribution is 2.27. The van der Waals surface area contributed by atoms with E-state index in [1.807, 2.05) is 13.0 Å². The maximum absolute atomic E-state index is 11.6. The zero-order valence-electron chi connectivity index (χ0n) is 8.99. The van der Waals surface area contributed by atoms with Crippen LogP contribution in [0.3, 0.4) is 0 Å². The number of thioether (sulfide) groups is 1. The molecule has 0 radical (unpaired) electrons. The number of carbonyl (C=O) groups excluding carboxylic acids is 1. The molecular weight excluding hydrogens is 294 g/mol. The quantitative estimate of drug-likeness (QED) is 0.851. The highest BCUT2D eigenvalue weighted by Gasteiger charge is 2.15. The van der Waals surface area contributed by atoms with Gasteiger partial charge in [-0.3, -0.25) is 4.79 Å². The van der Waals surface area contributed by atoms with E-state index in [2.05, 4.69) is 22.0 Å². The molecule has 0 aliphatic carbocycles. The third-order valence-electron chi connectivity index (χ3n) is 1.89. The fourth-order valence-electron chi connectivity index (χ4n) is 1.07. The molecule has 0 aliphatic rings. The average molecular weight is 308 g/mol. The lowest BCUT2D eigenvalue weighted by Gasteiger charge is -2.15. The van der Waals surface area contributed by atoms with Gasteiger partial charge in [0.1, 0.15) is 0 Å². The number of thiophene rings is 1. The molecule has 5 heteroatoms. The lowest BCUT2D eigenvalue weighted by molar-refractivity contribution is -0.127. The van der Waals surface area contributed by atoms with Gasteiger partial charge in [-0.1, -0.05) is 0 Å². The largest absolute Gasteiger partial charge is 0.348 e. The summed E-state index contributed by atoms with van der Waals surface area (Å²) in [6, 6.07) is 4.13. The Kier molecular flexibility index (Phi) is 5.15. The van der Waals surface area contributed by atoms with Crippen LogP contribution < -0.4 is 0 Å². The number of nitrogens with zero attached hydrogens (tertiary/aromatic N) is 1. The molecule has 0 fully saturated rings. The molecule has 1 aromatic heterocycles. The Morgan fingerprint density at radius 2 is 2.27 bits per heavy atom. The van der Waals surface area contributed by atoms with Crippen LogP contribution in [0.5, 0.6) is 0 Å². The molecule has 0 saturated carbocycles. The van der Waals surface area contributed by atoms with Crippen molar-refractivity contribution in [1.82, 2.24) is 4.90 Å². The minimum absolute atomic E-state index is 0.0286. The van der Waals surface area contributed by atoms with Crippen molar-refractivity contribution in [1.29, 1.82) is 0 Å². The Balaban J connectivity index is 2.40. The molecule has 0 saturated heterocycles. The first-order valence-corrected chi connectivity index (χ1v) is 7.23. The van der Waals surface area contributed by atoms with Crippen LogP contribution in [0, 0.1) is 0 Å². The van der Waals surface area contributed by atoms with Crippen molar-refractivity contribution in [3.63, 3.8) is 0 Å². The molecule has 1 rings (SSSR count). The van der Waals surface area contributed by atoms with Crippen LogP contribution in [0.1, 0.15) is 11.8 Å². The van der Waals surface area contributed by atoms with Gasteiger partial charge in [0.05, 0.1) is 9.04 Å². The van der Waals surface area contributed by atoms with E-state index in [1.165, 1.54) is 4.88 Å². The van der Waals surface area contributed by atoms with Crippen molar-refractivity contribution in [2.24, 2.45) is 0 Å². The molecule has 0 aromatic carbocycles. The molecule has 2 nitrogen and oxygen atoms in total. The molecule has 1 atom stereocenters. The third kappa shape index (κ3) is 4.17. The summed E-state index contributed by atoms with van der Waals surface area (Å²) in [6.07, 6.45) is 0. The topological polar surface area (TPSA) is 20.3 Å². The fraction of sp³-hybridized carbons (Fsp3) is 0.500. The number of carbonyl (C=O) groups is 1. The van der Waals surface area contributed by atoms with Crippen molar-refractivity contribution in [3.8, 4) is 0 Å². The van der Waals surface area contributed by atoms with Crippen LogP contribution in [0.15, 0.2) is 15.9 Å². The lowest BCUT2D eigenvalue weighted by Crippen LogP contribution is -2.29. The molecule has 0 N–H and O–H groups in total. The number of amides is 1. The first kappa shape index (κ1) is 13.1. The minimum Gasteiger partial charge on any atom is -0.348 e. The molecule has 1 heterocycles. The summed E-state index contributed by atoms with van der Waals surface area (Å²) in [5, 5.41) is 0.0286. The molecule has 1 amide bonds. The number of halogens is 1. The van der Waals surface area contributed by atoms with E-state index in [1.54, 1.807) is 42.1 Å². The average Bonchev–Trinajstić information content (AvgIpc) is 2.59. The molecule has 15 heavy (non-hydrogen) atoms. The van der Waals surface area contributed by atoms with Crippen LogP contribution in [0.2, 0.25) is 0 Å². The van der Waals surface area contributed by atoms with Crippen LogP contribution in [0.4, 0.5) is 0 Å². The van der Waals surface area contributed by atoms with E-state index in [0.29, 0.717) is 0 Å². The highest BCUT2D eigenvalue weighted by molar-refractivity contribution is 9.11. The molecule has 0 aliphatic heterocycles. The van der Waals surface area contributed by atoms with Crippen LogP contribution >= 0.6 is 39.0 Å². The predicted octanol–water partition coefficient (Wildman–Crippen LogP) is 3.22. The van der Waals surface area contributed by atoms with E-state index in [4.69, 9.17) is 0 Å². The van der Waals surface area contributed by atoms with E-state index < -0.39 is 0 Å². The van der Waals surface area contributed by atoms with Gasteiger partial charge in [0.25, 0.3) is 0 Å². The Hall–Kier alpha value is -0.000000000000000111. The summed E-state index contributed by atoms with van der Waals surface area (Å²) in [5.74, 6) is 1.08. The second kappa shape index (κ2) is 5.92. The normalized spacial score (nSPS) is 12.5. The smallest absolute Gasteiger partial charge is 0.234 e. The minimum atomic E-state index is 0.0286. The van der Waals surface area contributed by atoms with Crippen molar-refractivity contribution < 1.29 is 4.79 Å². The first-order valence-electron chi connectivity index (χ1n) is 4.57. The Labute approximate surface area is 107 Å². The Morgan fingerprint density at radius 3 is 2.73 bits per heavy atom. The Bertz CT molecular complexity index is 338. The van der Waals surface area contributed by atoms with Gasteiger partial charge < -0.3 is 4.90 Å². The molecule has 84 valence electrons. The summed E-state index contributed by atoms with van der Waals surface area (Å²) in [7, 11) is 3.59. The van der Waals surface area contributed by atoms with Gasteiger partial charge in [-0.05, 0) is 35.0 Å². The third-order valence-corrected chi connectivity index (χ3v) is 4.88. The van der Waals surface area contributed by atoms with E-state index in [9.17, 15) is 4.79 Å². The zero-order chi connectivity index (χ0) is 11.4. The van der Waals surface area contributed by atoms with Crippen LogP contribution in [-0.2, 0) is 10.5 Å². The zero-order valence-corrected chi connectivity index (χ0v) is 12.2. The second-order valence-corrected chi connectivity index (χ2v) is 7.27. The number of hydrogen-bond donors (Lipinski definition) is 0. The van der Waals surface area contributed by atoms with Gasteiger partial charge in [0, 0.05) is 24.7 Å². The number of hydrogen-bond acceptors (Lipinski definition) is 3. The monoisotopic (exact) mass is 307 g/mol. The van der Waals surface area contributed by atoms with Gasteiger partial charge in [0.2, 0.25) is 5.91 Å². The van der Waals surface area contributed by atoms with Crippen molar-refractivity contribution in [2.45, 2.75) is 17.9 Å². The molecule has 0 spiro atoms. The Morgan fingerprint density at radius 1 is 1.60 bits per heavy atom. The van der Waals surface area contributed by atoms with Gasteiger partial charge in [-0.25, -0.2) is 0 Å². The van der Waals surface area contributed by atoms with E-state index >= 15 is 0 Å². The van der Waals surface area contributed by atoms with Crippen molar-refractivity contribution in [2.75, 3.05) is 14.1 Å². The first-order chi connectivity index (χ1) is 7.00. The fourth-order valence-corrected chi connectivity index (χ4v) is 3.65. The SMILES string of the molecule is C[C@H](SCc1ccc(Br)s1)C(=O)N(C)C.